The van der Waals surface area contributed by atoms with Crippen LogP contribution in [0.2, 0.25) is 0 Å². The fourth-order valence-corrected chi connectivity index (χ4v) is 0.262. The summed E-state index contributed by atoms with van der Waals surface area (Å²) in [6, 6.07) is 0. The van der Waals surface area contributed by atoms with Crippen LogP contribution in [-0.2, 0) is 9.59 Å². The topological polar surface area (TPSA) is 34.1 Å². The number of ketones is 1. The van der Waals surface area contributed by atoms with Crippen molar-refractivity contribution >= 4 is 35.1 Å². The molecule has 0 aliphatic carbocycles. The Morgan fingerprint density at radius 1 is 1.75 bits per heavy atom. The average molecular weight is 126 g/mol. The first-order valence-electron chi connectivity index (χ1n) is 2.20. The maximum atomic E-state index is 10.0. The minimum atomic E-state index is 0. The Hall–Kier alpha value is 0.106. The molecule has 0 bridgehead atoms. The standard InChI is InChI=1S/C5H8O2.Mg.2H/c1-5(7)3-2-4-6;;;/h4H,2-3H2,1H3;;;/q;+2;2*-1. The van der Waals surface area contributed by atoms with Gasteiger partial charge in [-0.05, 0) is 6.92 Å². The van der Waals surface area contributed by atoms with Gasteiger partial charge < -0.3 is 12.4 Å². The quantitative estimate of drug-likeness (QED) is 0.405. The number of hydrogen-bond donors (Lipinski definition) is 0. The van der Waals surface area contributed by atoms with Crippen molar-refractivity contribution in [2.45, 2.75) is 19.8 Å². The summed E-state index contributed by atoms with van der Waals surface area (Å²) >= 11 is 0. The van der Waals surface area contributed by atoms with Gasteiger partial charge in [-0.3, -0.25) is 0 Å². The number of rotatable bonds is 3. The van der Waals surface area contributed by atoms with Crippen LogP contribution in [0.15, 0.2) is 0 Å². The third-order valence-electron chi connectivity index (χ3n) is 0.614. The van der Waals surface area contributed by atoms with E-state index < -0.39 is 0 Å². The van der Waals surface area contributed by atoms with Gasteiger partial charge in [0.25, 0.3) is 0 Å². The fourth-order valence-electron chi connectivity index (χ4n) is 0.262. The van der Waals surface area contributed by atoms with Crippen molar-refractivity contribution in [2.24, 2.45) is 0 Å². The van der Waals surface area contributed by atoms with Crippen molar-refractivity contribution in [3.05, 3.63) is 0 Å². The molecule has 0 spiro atoms. The molecule has 0 fully saturated rings. The van der Waals surface area contributed by atoms with Crippen molar-refractivity contribution in [3.63, 3.8) is 0 Å². The van der Waals surface area contributed by atoms with E-state index >= 15 is 0 Å². The monoisotopic (exact) mass is 126 g/mol. The SMILES string of the molecule is CC(=O)CCC=O.[H-].[H-].[Mg+2]. The van der Waals surface area contributed by atoms with Crippen LogP contribution in [-0.4, -0.2) is 35.1 Å². The Morgan fingerprint density at radius 3 is 2.38 bits per heavy atom. The molecular formula is C5H10MgO2. The van der Waals surface area contributed by atoms with Crippen molar-refractivity contribution < 1.29 is 12.4 Å². The van der Waals surface area contributed by atoms with Gasteiger partial charge in [0.05, 0.1) is 0 Å². The van der Waals surface area contributed by atoms with Gasteiger partial charge in [-0.15, -0.1) is 0 Å². The molecule has 0 aliphatic heterocycles. The zero-order valence-electron chi connectivity index (χ0n) is 7.02. The first-order chi connectivity index (χ1) is 3.27. The number of aldehydes is 1. The number of carbonyl (C=O) groups is 2. The molecule has 0 heterocycles. The predicted molar refractivity (Wildman–Crippen MR) is 34.0 cm³/mol. The van der Waals surface area contributed by atoms with Crippen LogP contribution in [0.3, 0.4) is 0 Å². The van der Waals surface area contributed by atoms with E-state index in [1.807, 2.05) is 0 Å². The number of Topliss-reactive ketones (excluding diaryl/α,β-unsaturated/α-hetero) is 1. The molecule has 0 unspecified atom stereocenters. The Kier molecular flexibility index (Phi) is 9.75. The molecule has 0 amide bonds. The summed E-state index contributed by atoms with van der Waals surface area (Å²) in [5.41, 5.74) is 0. The summed E-state index contributed by atoms with van der Waals surface area (Å²) in [5.74, 6) is 0.0760. The van der Waals surface area contributed by atoms with Crippen molar-refractivity contribution in [1.82, 2.24) is 0 Å². The van der Waals surface area contributed by atoms with Gasteiger partial charge in [0.15, 0.2) is 0 Å². The summed E-state index contributed by atoms with van der Waals surface area (Å²) in [7, 11) is 0. The molecule has 0 atom stereocenters. The first kappa shape index (κ1) is 11.0. The minimum Gasteiger partial charge on any atom is -1.00 e. The summed E-state index contributed by atoms with van der Waals surface area (Å²) in [5, 5.41) is 0. The summed E-state index contributed by atoms with van der Waals surface area (Å²) in [4.78, 5) is 19.6. The molecule has 0 aromatic rings. The molecule has 0 aromatic heterocycles. The molecule has 3 heteroatoms. The minimum absolute atomic E-state index is 0. The maximum Gasteiger partial charge on any atom is 2.00 e. The van der Waals surface area contributed by atoms with E-state index in [0.29, 0.717) is 12.8 Å². The predicted octanol–water partition coefficient (Wildman–Crippen LogP) is 0.399. The Labute approximate surface area is 67.8 Å². The van der Waals surface area contributed by atoms with Gasteiger partial charge in [-0.1, -0.05) is 0 Å². The van der Waals surface area contributed by atoms with E-state index in [1.54, 1.807) is 0 Å². The van der Waals surface area contributed by atoms with E-state index in [9.17, 15) is 9.59 Å². The van der Waals surface area contributed by atoms with Crippen molar-refractivity contribution in [2.75, 3.05) is 0 Å². The summed E-state index contributed by atoms with van der Waals surface area (Å²) < 4.78 is 0. The molecule has 0 aliphatic rings. The second-order valence-electron chi connectivity index (χ2n) is 1.41. The van der Waals surface area contributed by atoms with Crippen molar-refractivity contribution in [3.8, 4) is 0 Å². The zero-order valence-corrected chi connectivity index (χ0v) is 6.43. The van der Waals surface area contributed by atoms with Crippen LogP contribution in [0.4, 0.5) is 0 Å². The third kappa shape index (κ3) is 9.44. The van der Waals surface area contributed by atoms with E-state index in [4.69, 9.17) is 0 Å². The van der Waals surface area contributed by atoms with Crippen LogP contribution >= 0.6 is 0 Å². The molecule has 0 saturated heterocycles. The number of carbonyl (C=O) groups excluding carboxylic acids is 2. The van der Waals surface area contributed by atoms with Gasteiger partial charge in [-0.2, -0.15) is 0 Å². The average Bonchev–Trinajstić information content (AvgIpc) is 1.61. The van der Waals surface area contributed by atoms with Gasteiger partial charge in [0.1, 0.15) is 12.1 Å². The van der Waals surface area contributed by atoms with E-state index in [0.717, 1.165) is 6.29 Å². The van der Waals surface area contributed by atoms with Crippen LogP contribution in [0.5, 0.6) is 0 Å². The second kappa shape index (κ2) is 7.11. The molecule has 0 N–H and O–H groups in total. The smallest absolute Gasteiger partial charge is 1.00 e. The van der Waals surface area contributed by atoms with Gasteiger partial charge in [0.2, 0.25) is 0 Å². The molecule has 0 aromatic carbocycles. The van der Waals surface area contributed by atoms with E-state index in [1.165, 1.54) is 6.92 Å². The molecule has 44 valence electrons. The summed E-state index contributed by atoms with van der Waals surface area (Å²) in [6.07, 6.45) is 1.51. The van der Waals surface area contributed by atoms with E-state index in [2.05, 4.69) is 0 Å². The van der Waals surface area contributed by atoms with Gasteiger partial charge in [-0.25, -0.2) is 0 Å². The largest absolute Gasteiger partial charge is 2.00 e. The molecule has 0 saturated carbocycles. The maximum absolute atomic E-state index is 10.0. The Balaban J connectivity index is -0.0000000600. The van der Waals surface area contributed by atoms with E-state index in [-0.39, 0.29) is 31.7 Å². The Bertz CT molecular complexity index is 87.7. The third-order valence-corrected chi connectivity index (χ3v) is 0.614. The second-order valence-corrected chi connectivity index (χ2v) is 1.41. The van der Waals surface area contributed by atoms with Crippen LogP contribution < -0.4 is 0 Å². The molecule has 2 nitrogen and oxygen atoms in total. The normalized spacial score (nSPS) is 7.12. The molecular weight excluding hydrogens is 116 g/mol. The van der Waals surface area contributed by atoms with Crippen LogP contribution in [0.1, 0.15) is 22.6 Å². The zero-order chi connectivity index (χ0) is 5.70. The molecule has 8 heavy (non-hydrogen) atoms. The summed E-state index contributed by atoms with van der Waals surface area (Å²) in [6.45, 7) is 1.48. The fraction of sp³-hybridized carbons (Fsp3) is 0.600. The molecule has 0 radical (unpaired) electrons. The van der Waals surface area contributed by atoms with Crippen molar-refractivity contribution in [1.29, 1.82) is 0 Å². The van der Waals surface area contributed by atoms with Gasteiger partial charge in [0, 0.05) is 12.8 Å². The van der Waals surface area contributed by atoms with Crippen LogP contribution in [0.25, 0.3) is 0 Å². The Morgan fingerprint density at radius 2 is 2.25 bits per heavy atom. The molecule has 0 rings (SSSR count). The number of hydrogen-bond acceptors (Lipinski definition) is 2. The first-order valence-corrected chi connectivity index (χ1v) is 2.20. The van der Waals surface area contributed by atoms with Gasteiger partial charge >= 0.3 is 23.1 Å². The van der Waals surface area contributed by atoms with Crippen LogP contribution in [0, 0.1) is 0 Å².